The van der Waals surface area contributed by atoms with E-state index >= 15 is 0 Å². The topological polar surface area (TPSA) is 46.2 Å². The summed E-state index contributed by atoms with van der Waals surface area (Å²) in [5.74, 6) is 0. The second kappa shape index (κ2) is 6.24. The Labute approximate surface area is 137 Å². The third kappa shape index (κ3) is 4.03. The van der Waals surface area contributed by atoms with E-state index in [-0.39, 0.29) is 10.8 Å². The lowest BCUT2D eigenvalue weighted by atomic mass is 10.2. The van der Waals surface area contributed by atoms with Gasteiger partial charge in [0.25, 0.3) is 0 Å². The van der Waals surface area contributed by atoms with Crippen LogP contribution in [0.15, 0.2) is 42.8 Å². The van der Waals surface area contributed by atoms with Gasteiger partial charge < -0.3 is 0 Å². The number of halogens is 3. The van der Waals surface area contributed by atoms with E-state index in [0.29, 0.717) is 8.81 Å². The molecule has 8 heteroatoms. The van der Waals surface area contributed by atoms with Crippen LogP contribution in [0, 0.1) is 0 Å². The van der Waals surface area contributed by atoms with Crippen LogP contribution in [0.1, 0.15) is 5.56 Å². The van der Waals surface area contributed by atoms with Crippen molar-refractivity contribution in [1.29, 1.82) is 0 Å². The fraction of sp³-hybridized carbons (Fsp3) is 0.0909. The van der Waals surface area contributed by atoms with Crippen LogP contribution < -0.4 is 4.72 Å². The molecule has 0 amide bonds. The molecule has 0 fully saturated rings. The zero-order valence-corrected chi connectivity index (χ0v) is 14.9. The van der Waals surface area contributed by atoms with Gasteiger partial charge in [-0.15, -0.1) is 11.3 Å². The fourth-order valence-corrected chi connectivity index (χ4v) is 5.04. The average Bonchev–Trinajstić information content (AvgIpc) is 2.70. The number of sulfonamides is 1. The van der Waals surface area contributed by atoms with Crippen molar-refractivity contribution in [2.24, 2.45) is 0 Å². The van der Waals surface area contributed by atoms with Gasteiger partial charge in [0.2, 0.25) is 10.0 Å². The Morgan fingerprint density at radius 2 is 1.84 bits per heavy atom. The summed E-state index contributed by atoms with van der Waals surface area (Å²) in [6.45, 7) is 0.239. The predicted octanol–water partition coefficient (Wildman–Crippen LogP) is 4.41. The zero-order valence-electron chi connectivity index (χ0n) is 9.36. The van der Waals surface area contributed by atoms with Crippen molar-refractivity contribution in [3.63, 3.8) is 0 Å². The minimum Gasteiger partial charge on any atom is -0.206 e. The molecular weight excluding hydrogens is 438 g/mol. The highest BCUT2D eigenvalue weighted by atomic mass is 79.9. The van der Waals surface area contributed by atoms with E-state index < -0.39 is 10.0 Å². The fourth-order valence-electron chi connectivity index (χ4n) is 1.31. The molecule has 0 bridgehead atoms. The smallest absolute Gasteiger partial charge is 0.206 e. The molecule has 1 heterocycles. The Morgan fingerprint density at radius 3 is 2.37 bits per heavy atom. The summed E-state index contributed by atoms with van der Waals surface area (Å²) in [5.41, 5.74) is 0.883. The molecule has 0 aliphatic carbocycles. The minimum atomic E-state index is -3.53. The molecule has 0 radical (unpaired) electrons. The van der Waals surface area contributed by atoms with Gasteiger partial charge in [0.1, 0.15) is 4.21 Å². The van der Waals surface area contributed by atoms with Gasteiger partial charge in [-0.25, -0.2) is 13.1 Å². The number of rotatable bonds is 4. The first-order chi connectivity index (χ1) is 8.88. The lowest BCUT2D eigenvalue weighted by molar-refractivity contribution is 0.583. The van der Waals surface area contributed by atoms with Crippen LogP contribution in [0.5, 0.6) is 0 Å². The first kappa shape index (κ1) is 15.5. The SMILES string of the molecule is O=S(=O)(NCc1ccc(Br)cc1)c1cc(Cl)c(Br)s1. The Balaban J connectivity index is 2.11. The van der Waals surface area contributed by atoms with Crippen molar-refractivity contribution in [2.45, 2.75) is 10.8 Å². The van der Waals surface area contributed by atoms with Crippen LogP contribution >= 0.6 is 54.8 Å². The quantitative estimate of drug-likeness (QED) is 0.758. The van der Waals surface area contributed by atoms with Gasteiger partial charge in [0.05, 0.1) is 8.81 Å². The predicted molar refractivity (Wildman–Crippen MR) is 85.2 cm³/mol. The lowest BCUT2D eigenvalue weighted by Gasteiger charge is -2.04. The molecule has 0 aliphatic heterocycles. The lowest BCUT2D eigenvalue weighted by Crippen LogP contribution is -2.22. The van der Waals surface area contributed by atoms with Crippen molar-refractivity contribution < 1.29 is 8.42 Å². The molecule has 0 spiro atoms. The number of benzene rings is 1. The number of nitrogens with one attached hydrogen (secondary N) is 1. The van der Waals surface area contributed by atoms with E-state index in [1.54, 1.807) is 0 Å². The Hall–Kier alpha value is 0.0800. The summed E-state index contributed by atoms with van der Waals surface area (Å²) >= 11 is 13.5. The van der Waals surface area contributed by atoms with Crippen molar-refractivity contribution in [1.82, 2.24) is 4.72 Å². The number of thiophene rings is 1. The van der Waals surface area contributed by atoms with E-state index in [4.69, 9.17) is 11.6 Å². The number of hydrogen-bond donors (Lipinski definition) is 1. The van der Waals surface area contributed by atoms with Gasteiger partial charge >= 0.3 is 0 Å². The maximum atomic E-state index is 12.0. The van der Waals surface area contributed by atoms with Crippen LogP contribution in [0.2, 0.25) is 5.02 Å². The van der Waals surface area contributed by atoms with Crippen LogP contribution in [-0.2, 0) is 16.6 Å². The normalized spacial score (nSPS) is 11.7. The van der Waals surface area contributed by atoms with E-state index in [1.165, 1.54) is 6.07 Å². The van der Waals surface area contributed by atoms with E-state index in [0.717, 1.165) is 21.4 Å². The molecular formula is C11H8Br2ClNO2S2. The van der Waals surface area contributed by atoms with Gasteiger partial charge in [-0.2, -0.15) is 0 Å². The highest BCUT2D eigenvalue weighted by Crippen LogP contribution is 2.34. The molecule has 19 heavy (non-hydrogen) atoms. The summed E-state index contributed by atoms with van der Waals surface area (Å²) in [5, 5.41) is 0.397. The molecule has 102 valence electrons. The van der Waals surface area contributed by atoms with Crippen LogP contribution in [0.25, 0.3) is 0 Å². The van der Waals surface area contributed by atoms with Gasteiger partial charge in [0.15, 0.2) is 0 Å². The zero-order chi connectivity index (χ0) is 14.0. The van der Waals surface area contributed by atoms with E-state index in [1.807, 2.05) is 24.3 Å². The Morgan fingerprint density at radius 1 is 1.21 bits per heavy atom. The van der Waals surface area contributed by atoms with Crippen LogP contribution in [0.3, 0.4) is 0 Å². The summed E-state index contributed by atoms with van der Waals surface area (Å²) in [7, 11) is -3.53. The Kier molecular flexibility index (Phi) is 5.08. The van der Waals surface area contributed by atoms with Gasteiger partial charge in [-0.05, 0) is 39.7 Å². The minimum absolute atomic E-state index is 0.196. The van der Waals surface area contributed by atoms with E-state index in [9.17, 15) is 8.42 Å². The summed E-state index contributed by atoms with van der Waals surface area (Å²) in [4.78, 5) is 0. The maximum absolute atomic E-state index is 12.0. The molecule has 3 nitrogen and oxygen atoms in total. The molecule has 2 aromatic rings. The van der Waals surface area contributed by atoms with Crippen LogP contribution in [0.4, 0.5) is 0 Å². The first-order valence-corrected chi connectivity index (χ1v) is 9.34. The summed E-state index contributed by atoms with van der Waals surface area (Å²) < 4.78 is 28.4. The second-order valence-electron chi connectivity index (χ2n) is 3.64. The largest absolute Gasteiger partial charge is 0.250 e. The maximum Gasteiger partial charge on any atom is 0.250 e. The highest BCUT2D eigenvalue weighted by molar-refractivity contribution is 9.11. The third-order valence-corrected chi connectivity index (χ3v) is 7.15. The molecule has 0 saturated heterocycles. The summed E-state index contributed by atoms with van der Waals surface area (Å²) in [6, 6.07) is 8.86. The van der Waals surface area contributed by atoms with Gasteiger partial charge in [-0.3, -0.25) is 0 Å². The van der Waals surface area contributed by atoms with E-state index in [2.05, 4.69) is 36.6 Å². The highest BCUT2D eigenvalue weighted by Gasteiger charge is 2.18. The van der Waals surface area contributed by atoms with Crippen molar-refractivity contribution in [2.75, 3.05) is 0 Å². The molecule has 0 atom stereocenters. The summed E-state index contributed by atoms with van der Waals surface area (Å²) in [6.07, 6.45) is 0. The molecule has 1 aromatic carbocycles. The van der Waals surface area contributed by atoms with Crippen molar-refractivity contribution >= 4 is 64.8 Å². The average molecular weight is 446 g/mol. The van der Waals surface area contributed by atoms with Gasteiger partial charge in [0, 0.05) is 11.0 Å². The second-order valence-corrected chi connectivity index (χ2v) is 9.32. The standard InChI is InChI=1S/C11H8Br2ClNO2S2/c12-8-3-1-7(2-4-8)6-15-19(16,17)10-5-9(14)11(13)18-10/h1-5,15H,6H2. The monoisotopic (exact) mass is 443 g/mol. The van der Waals surface area contributed by atoms with Crippen molar-refractivity contribution in [3.8, 4) is 0 Å². The van der Waals surface area contributed by atoms with Crippen LogP contribution in [-0.4, -0.2) is 8.42 Å². The molecule has 1 aromatic heterocycles. The first-order valence-electron chi connectivity index (χ1n) is 5.07. The van der Waals surface area contributed by atoms with Crippen molar-refractivity contribution in [3.05, 3.63) is 49.2 Å². The molecule has 0 saturated carbocycles. The Bertz CT molecular complexity index is 664. The molecule has 0 unspecified atom stereocenters. The molecule has 2 rings (SSSR count). The molecule has 0 aliphatic rings. The van der Waals surface area contributed by atoms with Gasteiger partial charge in [-0.1, -0.05) is 39.7 Å². The third-order valence-electron chi connectivity index (χ3n) is 2.27. The number of hydrogen-bond acceptors (Lipinski definition) is 3. The molecule has 1 N–H and O–H groups in total.